The van der Waals surface area contributed by atoms with Crippen molar-refractivity contribution in [3.63, 3.8) is 0 Å². The van der Waals surface area contributed by atoms with E-state index in [2.05, 4.69) is 29.5 Å². The van der Waals surface area contributed by atoms with Gasteiger partial charge in [0.2, 0.25) is 0 Å². The van der Waals surface area contributed by atoms with Crippen molar-refractivity contribution in [2.45, 2.75) is 38.3 Å². The maximum atomic E-state index is 10.0. The van der Waals surface area contributed by atoms with Crippen molar-refractivity contribution < 1.29 is 5.11 Å². The lowest BCUT2D eigenvalue weighted by atomic mass is 10.1. The fraction of sp³-hybridized carbons (Fsp3) is 0.462. The highest BCUT2D eigenvalue weighted by Crippen LogP contribution is 2.45. The number of aliphatic hydroxyl groups is 1. The number of nitrogens with zero attached hydrogens (tertiary/aromatic N) is 2. The van der Waals surface area contributed by atoms with Crippen molar-refractivity contribution in [2.75, 3.05) is 0 Å². The third-order valence-electron chi connectivity index (χ3n) is 3.39. The Balaban J connectivity index is 2.13. The number of imidazole rings is 1. The van der Waals surface area contributed by atoms with Crippen LogP contribution >= 0.6 is 0 Å². The number of fused-ring (bicyclic) bond motifs is 1. The molecule has 1 fully saturated rings. The van der Waals surface area contributed by atoms with E-state index in [9.17, 15) is 5.11 Å². The summed E-state index contributed by atoms with van der Waals surface area (Å²) in [4.78, 5) is 4.39. The van der Waals surface area contributed by atoms with Gasteiger partial charge in [-0.05, 0) is 44.4 Å². The number of hydrogen-bond donors (Lipinski definition) is 1. The first-order chi connectivity index (χ1) is 7.60. The molecule has 1 saturated carbocycles. The van der Waals surface area contributed by atoms with Gasteiger partial charge in [-0.1, -0.05) is 6.07 Å². The first-order valence-corrected chi connectivity index (χ1v) is 5.80. The minimum Gasteiger partial charge on any atom is -0.385 e. The molecule has 0 bridgehead atoms. The van der Waals surface area contributed by atoms with E-state index >= 15 is 0 Å². The zero-order valence-corrected chi connectivity index (χ0v) is 9.64. The average Bonchev–Trinajstić information content (AvgIpc) is 2.87. The molecule has 3 heteroatoms. The molecule has 2 aromatic rings. The van der Waals surface area contributed by atoms with E-state index in [1.54, 1.807) is 0 Å². The molecule has 0 radical (unpaired) electrons. The van der Waals surface area contributed by atoms with Gasteiger partial charge < -0.3 is 9.67 Å². The predicted octanol–water partition coefficient (Wildman–Crippen LogP) is 2.60. The predicted molar refractivity (Wildman–Crippen MR) is 63.2 cm³/mol. The maximum absolute atomic E-state index is 10.0. The molecule has 0 spiro atoms. The zero-order valence-electron chi connectivity index (χ0n) is 9.64. The van der Waals surface area contributed by atoms with Gasteiger partial charge in [-0.25, -0.2) is 4.98 Å². The summed E-state index contributed by atoms with van der Waals surface area (Å²) < 4.78 is 2.15. The van der Waals surface area contributed by atoms with Crippen LogP contribution in [0, 0.1) is 0 Å². The largest absolute Gasteiger partial charge is 0.385 e. The van der Waals surface area contributed by atoms with E-state index in [-0.39, 0.29) is 0 Å². The Morgan fingerprint density at radius 2 is 2.12 bits per heavy atom. The normalized spacial score (nSPS) is 18.2. The first kappa shape index (κ1) is 9.85. The van der Waals surface area contributed by atoms with Gasteiger partial charge in [-0.3, -0.25) is 0 Å². The van der Waals surface area contributed by atoms with Crippen molar-refractivity contribution in [2.24, 2.45) is 0 Å². The van der Waals surface area contributed by atoms with Crippen LogP contribution in [0.4, 0.5) is 0 Å². The molecule has 1 aromatic carbocycles. The topological polar surface area (TPSA) is 38.0 Å². The fourth-order valence-corrected chi connectivity index (χ4v) is 2.14. The molecule has 3 nitrogen and oxygen atoms in total. The van der Waals surface area contributed by atoms with E-state index in [0.29, 0.717) is 6.04 Å². The number of benzene rings is 1. The molecule has 3 rings (SSSR count). The second-order valence-electron chi connectivity index (χ2n) is 4.98. The van der Waals surface area contributed by atoms with Crippen LogP contribution < -0.4 is 0 Å². The molecule has 0 atom stereocenters. The minimum atomic E-state index is -0.560. The molecule has 0 amide bonds. The summed E-state index contributed by atoms with van der Waals surface area (Å²) in [5.74, 6) is 0. The molecule has 1 heterocycles. The Hall–Kier alpha value is -1.35. The minimum absolute atomic E-state index is 0.417. The monoisotopic (exact) mass is 216 g/mol. The van der Waals surface area contributed by atoms with Gasteiger partial charge in [0.1, 0.15) is 0 Å². The number of aromatic nitrogens is 2. The third kappa shape index (κ3) is 1.35. The quantitative estimate of drug-likeness (QED) is 0.838. The van der Waals surface area contributed by atoms with Crippen LogP contribution in [0.1, 0.15) is 38.3 Å². The Bertz CT molecular complexity index is 538. The summed E-state index contributed by atoms with van der Waals surface area (Å²) in [6, 6.07) is 6.52. The summed E-state index contributed by atoms with van der Waals surface area (Å²) >= 11 is 0. The lowest BCUT2D eigenvalue weighted by Gasteiger charge is -2.10. The van der Waals surface area contributed by atoms with Gasteiger partial charge in [-0.15, -0.1) is 0 Å². The van der Waals surface area contributed by atoms with Gasteiger partial charge in [0, 0.05) is 6.04 Å². The molecular formula is C13H16N2O. The van der Waals surface area contributed by atoms with Crippen LogP contribution in [0.15, 0.2) is 24.5 Å². The lowest BCUT2D eigenvalue weighted by Crippen LogP contribution is -2.04. The van der Waals surface area contributed by atoms with Crippen molar-refractivity contribution in [3.8, 4) is 0 Å². The SMILES string of the molecule is CC(C)n1cnc2cc(C3(O)CC3)ccc21. The number of rotatable bonds is 2. The Morgan fingerprint density at radius 3 is 2.75 bits per heavy atom. The summed E-state index contributed by atoms with van der Waals surface area (Å²) in [6.07, 6.45) is 3.63. The van der Waals surface area contributed by atoms with Crippen LogP contribution in [0.5, 0.6) is 0 Å². The first-order valence-electron chi connectivity index (χ1n) is 5.80. The molecule has 0 aliphatic heterocycles. The molecule has 1 aliphatic carbocycles. The van der Waals surface area contributed by atoms with Crippen LogP contribution in [-0.2, 0) is 5.60 Å². The van der Waals surface area contributed by atoms with Crippen molar-refractivity contribution in [1.82, 2.24) is 9.55 Å². The third-order valence-corrected chi connectivity index (χ3v) is 3.39. The number of hydrogen-bond acceptors (Lipinski definition) is 2. The van der Waals surface area contributed by atoms with Crippen LogP contribution in [-0.4, -0.2) is 14.7 Å². The molecule has 1 aliphatic rings. The summed E-state index contributed by atoms with van der Waals surface area (Å²) in [6.45, 7) is 4.28. The van der Waals surface area contributed by atoms with Crippen molar-refractivity contribution in [1.29, 1.82) is 0 Å². The molecule has 84 valence electrons. The van der Waals surface area contributed by atoms with E-state index in [1.165, 1.54) is 0 Å². The van der Waals surface area contributed by atoms with Gasteiger partial charge in [0.05, 0.1) is 23.0 Å². The molecule has 1 aromatic heterocycles. The van der Waals surface area contributed by atoms with E-state index in [0.717, 1.165) is 29.4 Å². The second-order valence-corrected chi connectivity index (χ2v) is 4.98. The summed E-state index contributed by atoms with van der Waals surface area (Å²) in [5, 5.41) is 10.0. The highest BCUT2D eigenvalue weighted by Gasteiger charge is 2.42. The van der Waals surface area contributed by atoms with Gasteiger partial charge >= 0.3 is 0 Å². The van der Waals surface area contributed by atoms with Crippen LogP contribution in [0.3, 0.4) is 0 Å². The zero-order chi connectivity index (χ0) is 11.3. The molecule has 1 N–H and O–H groups in total. The maximum Gasteiger partial charge on any atom is 0.0960 e. The lowest BCUT2D eigenvalue weighted by molar-refractivity contribution is 0.151. The van der Waals surface area contributed by atoms with Crippen molar-refractivity contribution >= 4 is 11.0 Å². The smallest absolute Gasteiger partial charge is 0.0960 e. The Morgan fingerprint density at radius 1 is 1.38 bits per heavy atom. The van der Waals surface area contributed by atoms with E-state index in [4.69, 9.17) is 0 Å². The summed E-state index contributed by atoms with van der Waals surface area (Å²) in [5.41, 5.74) is 2.57. The standard InChI is InChI=1S/C13H16N2O/c1-9(2)15-8-14-11-7-10(3-4-12(11)15)13(16)5-6-13/h3-4,7-9,16H,5-6H2,1-2H3. The second kappa shape index (κ2) is 3.08. The average molecular weight is 216 g/mol. The Labute approximate surface area is 94.7 Å². The Kier molecular flexibility index (Phi) is 1.89. The highest BCUT2D eigenvalue weighted by atomic mass is 16.3. The van der Waals surface area contributed by atoms with Gasteiger partial charge in [0.15, 0.2) is 0 Å². The van der Waals surface area contributed by atoms with Gasteiger partial charge in [0.25, 0.3) is 0 Å². The molecule has 0 unspecified atom stereocenters. The van der Waals surface area contributed by atoms with E-state index in [1.807, 2.05) is 18.5 Å². The van der Waals surface area contributed by atoms with Crippen LogP contribution in [0.2, 0.25) is 0 Å². The van der Waals surface area contributed by atoms with Crippen LogP contribution in [0.25, 0.3) is 11.0 Å². The van der Waals surface area contributed by atoms with E-state index < -0.39 is 5.60 Å². The van der Waals surface area contributed by atoms with Crippen molar-refractivity contribution in [3.05, 3.63) is 30.1 Å². The molecule has 16 heavy (non-hydrogen) atoms. The molecular weight excluding hydrogens is 200 g/mol. The van der Waals surface area contributed by atoms with Gasteiger partial charge in [-0.2, -0.15) is 0 Å². The molecule has 0 saturated heterocycles. The highest BCUT2D eigenvalue weighted by molar-refractivity contribution is 5.76. The summed E-state index contributed by atoms with van der Waals surface area (Å²) in [7, 11) is 0. The fourth-order valence-electron chi connectivity index (χ4n) is 2.14.